The summed E-state index contributed by atoms with van der Waals surface area (Å²) in [5.41, 5.74) is 0.931. The molecule has 1 saturated carbocycles. The smallest absolute Gasteiger partial charge is 0.143 e. The second-order valence-corrected chi connectivity index (χ2v) is 5.71. The lowest BCUT2D eigenvalue weighted by Gasteiger charge is -2.39. The van der Waals surface area contributed by atoms with Crippen LogP contribution in [0.2, 0.25) is 0 Å². The van der Waals surface area contributed by atoms with Gasteiger partial charge in [-0.3, -0.25) is 4.90 Å². The van der Waals surface area contributed by atoms with Crippen LogP contribution in [0.5, 0.6) is 0 Å². The van der Waals surface area contributed by atoms with Crippen LogP contribution in [0.15, 0.2) is 18.2 Å². The van der Waals surface area contributed by atoms with Gasteiger partial charge in [0.25, 0.3) is 0 Å². The molecule has 0 aromatic heterocycles. The zero-order chi connectivity index (χ0) is 13.9. The number of nitriles is 1. The van der Waals surface area contributed by atoms with Crippen LogP contribution in [0.25, 0.3) is 0 Å². The van der Waals surface area contributed by atoms with Crippen LogP contribution in [0.3, 0.4) is 0 Å². The molecule has 2 aliphatic rings. The Balaban J connectivity index is 1.69. The van der Waals surface area contributed by atoms with Crippen molar-refractivity contribution >= 4 is 5.69 Å². The van der Waals surface area contributed by atoms with Crippen LogP contribution in [-0.4, -0.2) is 37.1 Å². The second kappa shape index (κ2) is 5.80. The highest BCUT2D eigenvalue weighted by Gasteiger charge is 2.27. The van der Waals surface area contributed by atoms with Gasteiger partial charge < -0.3 is 4.90 Å². The average Bonchev–Trinajstić information content (AvgIpc) is 3.01. The molecular weight excluding hydrogens is 253 g/mol. The third kappa shape index (κ3) is 2.51. The third-order valence-electron chi connectivity index (χ3n) is 4.60. The van der Waals surface area contributed by atoms with Gasteiger partial charge in [0.05, 0.1) is 5.69 Å². The van der Waals surface area contributed by atoms with Crippen molar-refractivity contribution in [2.75, 3.05) is 31.1 Å². The van der Waals surface area contributed by atoms with E-state index in [1.165, 1.54) is 31.7 Å². The molecule has 0 atom stereocenters. The van der Waals surface area contributed by atoms with E-state index in [0.29, 0.717) is 0 Å². The van der Waals surface area contributed by atoms with Crippen LogP contribution in [0, 0.1) is 17.1 Å². The Bertz CT molecular complexity index is 509. The number of hydrogen-bond donors (Lipinski definition) is 0. The summed E-state index contributed by atoms with van der Waals surface area (Å²) in [4.78, 5) is 4.71. The van der Waals surface area contributed by atoms with Crippen molar-refractivity contribution in [3.8, 4) is 6.07 Å². The van der Waals surface area contributed by atoms with E-state index in [1.54, 1.807) is 6.07 Å². The zero-order valence-electron chi connectivity index (χ0n) is 11.7. The lowest BCUT2D eigenvalue weighted by molar-refractivity contribution is 0.187. The normalized spacial score (nSPS) is 21.1. The summed E-state index contributed by atoms with van der Waals surface area (Å²) in [5, 5.41) is 9.13. The second-order valence-electron chi connectivity index (χ2n) is 5.71. The van der Waals surface area contributed by atoms with Crippen molar-refractivity contribution in [3.63, 3.8) is 0 Å². The van der Waals surface area contributed by atoms with Crippen molar-refractivity contribution < 1.29 is 4.39 Å². The Morgan fingerprint density at radius 2 is 1.80 bits per heavy atom. The quantitative estimate of drug-likeness (QED) is 0.830. The SMILES string of the molecule is N#Cc1c(F)cccc1N1CCN(C2CCCC2)CC1. The van der Waals surface area contributed by atoms with Gasteiger partial charge in [-0.25, -0.2) is 4.39 Å². The van der Waals surface area contributed by atoms with Gasteiger partial charge in [0.1, 0.15) is 17.4 Å². The first-order valence-corrected chi connectivity index (χ1v) is 7.47. The molecule has 3 nitrogen and oxygen atoms in total. The summed E-state index contributed by atoms with van der Waals surface area (Å²) in [7, 11) is 0. The maximum absolute atomic E-state index is 13.7. The number of rotatable bonds is 2. The summed E-state index contributed by atoms with van der Waals surface area (Å²) < 4.78 is 13.7. The first kappa shape index (κ1) is 13.4. The lowest BCUT2D eigenvalue weighted by Crippen LogP contribution is -2.50. The number of halogens is 1. The van der Waals surface area contributed by atoms with E-state index in [2.05, 4.69) is 9.80 Å². The molecule has 0 N–H and O–H groups in total. The van der Waals surface area contributed by atoms with Crippen molar-refractivity contribution in [1.82, 2.24) is 4.90 Å². The van der Waals surface area contributed by atoms with Gasteiger partial charge in [0.2, 0.25) is 0 Å². The van der Waals surface area contributed by atoms with Crippen molar-refractivity contribution in [3.05, 3.63) is 29.6 Å². The van der Waals surface area contributed by atoms with Gasteiger partial charge in [0.15, 0.2) is 0 Å². The number of anilines is 1. The van der Waals surface area contributed by atoms with Crippen molar-refractivity contribution in [2.24, 2.45) is 0 Å². The molecule has 0 unspecified atom stereocenters. The van der Waals surface area contributed by atoms with Gasteiger partial charge in [-0.15, -0.1) is 0 Å². The van der Waals surface area contributed by atoms with Crippen LogP contribution >= 0.6 is 0 Å². The van der Waals surface area contributed by atoms with Gasteiger partial charge in [-0.1, -0.05) is 18.9 Å². The molecule has 4 heteroatoms. The molecule has 1 saturated heterocycles. The van der Waals surface area contributed by atoms with Crippen molar-refractivity contribution in [1.29, 1.82) is 5.26 Å². The molecule has 1 heterocycles. The molecule has 0 amide bonds. The standard InChI is InChI=1S/C16H20FN3/c17-15-6-3-7-16(14(15)12-18)20-10-8-19(9-11-20)13-4-1-2-5-13/h3,6-7,13H,1-2,4-5,8-11H2. The highest BCUT2D eigenvalue weighted by atomic mass is 19.1. The van der Waals surface area contributed by atoms with E-state index in [0.717, 1.165) is 37.9 Å². The van der Waals surface area contributed by atoms with Crippen LogP contribution in [0.4, 0.5) is 10.1 Å². The minimum absolute atomic E-state index is 0.182. The molecular formula is C16H20FN3. The van der Waals surface area contributed by atoms with E-state index in [9.17, 15) is 4.39 Å². The molecule has 0 bridgehead atoms. The Labute approximate surface area is 119 Å². The minimum Gasteiger partial charge on any atom is -0.368 e. The van der Waals surface area contributed by atoms with E-state index in [-0.39, 0.29) is 5.56 Å². The predicted molar refractivity (Wildman–Crippen MR) is 77.2 cm³/mol. The van der Waals surface area contributed by atoms with E-state index in [1.807, 2.05) is 12.1 Å². The van der Waals surface area contributed by atoms with Crippen molar-refractivity contribution in [2.45, 2.75) is 31.7 Å². The number of benzene rings is 1. The molecule has 1 aromatic rings. The molecule has 3 rings (SSSR count). The van der Waals surface area contributed by atoms with Crippen LogP contribution in [0.1, 0.15) is 31.2 Å². The maximum atomic E-state index is 13.7. The molecule has 20 heavy (non-hydrogen) atoms. The third-order valence-corrected chi connectivity index (χ3v) is 4.60. The fraction of sp³-hybridized carbons (Fsp3) is 0.562. The molecule has 106 valence electrons. The van der Waals surface area contributed by atoms with Gasteiger partial charge >= 0.3 is 0 Å². The monoisotopic (exact) mass is 273 g/mol. The minimum atomic E-state index is -0.414. The van der Waals surface area contributed by atoms with Crippen LogP contribution in [-0.2, 0) is 0 Å². The fourth-order valence-electron chi connectivity index (χ4n) is 3.48. The summed E-state index contributed by atoms with van der Waals surface area (Å²) >= 11 is 0. The van der Waals surface area contributed by atoms with E-state index >= 15 is 0 Å². The Hall–Kier alpha value is -1.60. The number of piperazine rings is 1. The highest BCUT2D eigenvalue weighted by molar-refractivity contribution is 5.60. The topological polar surface area (TPSA) is 30.3 Å². The Morgan fingerprint density at radius 1 is 1.10 bits per heavy atom. The first-order valence-electron chi connectivity index (χ1n) is 7.47. The maximum Gasteiger partial charge on any atom is 0.143 e. The Morgan fingerprint density at radius 3 is 2.45 bits per heavy atom. The largest absolute Gasteiger partial charge is 0.368 e. The first-order chi connectivity index (χ1) is 9.79. The molecule has 1 aliphatic heterocycles. The fourth-order valence-corrected chi connectivity index (χ4v) is 3.48. The lowest BCUT2D eigenvalue weighted by atomic mass is 10.1. The van der Waals surface area contributed by atoms with E-state index < -0.39 is 5.82 Å². The molecule has 1 aromatic carbocycles. The summed E-state index contributed by atoms with van der Waals surface area (Å²) in [6.45, 7) is 3.81. The average molecular weight is 273 g/mol. The van der Waals surface area contributed by atoms with Gasteiger partial charge in [-0.05, 0) is 25.0 Å². The zero-order valence-corrected chi connectivity index (χ0v) is 11.7. The summed E-state index contributed by atoms with van der Waals surface area (Å²) in [6.07, 6.45) is 5.35. The number of nitrogens with zero attached hydrogens (tertiary/aromatic N) is 3. The van der Waals surface area contributed by atoms with Crippen LogP contribution < -0.4 is 4.90 Å². The summed E-state index contributed by atoms with van der Waals surface area (Å²) in [6, 6.07) is 7.65. The highest BCUT2D eigenvalue weighted by Crippen LogP contribution is 2.27. The van der Waals surface area contributed by atoms with Gasteiger partial charge in [-0.2, -0.15) is 5.26 Å². The summed E-state index contributed by atoms with van der Waals surface area (Å²) in [5.74, 6) is -0.414. The van der Waals surface area contributed by atoms with Gasteiger partial charge in [0, 0.05) is 32.2 Å². The predicted octanol–water partition coefficient (Wildman–Crippen LogP) is 2.76. The molecule has 1 aliphatic carbocycles. The molecule has 2 fully saturated rings. The number of hydrogen-bond acceptors (Lipinski definition) is 3. The van der Waals surface area contributed by atoms with E-state index in [4.69, 9.17) is 5.26 Å². The molecule has 0 spiro atoms. The Kier molecular flexibility index (Phi) is 3.88. The molecule has 0 radical (unpaired) electrons.